The van der Waals surface area contributed by atoms with Crippen LogP contribution in [0, 0.1) is 6.92 Å². The van der Waals surface area contributed by atoms with E-state index in [1.165, 1.54) is 23.5 Å². The fraction of sp³-hybridized carbons (Fsp3) is 0.263. The van der Waals surface area contributed by atoms with E-state index in [-0.39, 0.29) is 36.7 Å². The first-order chi connectivity index (χ1) is 12.9. The van der Waals surface area contributed by atoms with E-state index >= 15 is 0 Å². The summed E-state index contributed by atoms with van der Waals surface area (Å²) in [5, 5.41) is 2.61. The average Bonchev–Trinajstić information content (AvgIpc) is 3.10. The predicted octanol–water partition coefficient (Wildman–Crippen LogP) is 2.78. The third-order valence-corrected chi connectivity index (χ3v) is 4.91. The van der Waals surface area contributed by atoms with Crippen LogP contribution in [0.15, 0.2) is 30.3 Å². The van der Waals surface area contributed by atoms with Crippen LogP contribution >= 0.6 is 11.3 Å². The molecular formula is C19H17NO6S. The first kappa shape index (κ1) is 18.8. The molecule has 1 amide bonds. The minimum Gasteiger partial charge on any atom is -0.482 e. The predicted molar refractivity (Wildman–Crippen MR) is 98.5 cm³/mol. The minimum atomic E-state index is -0.612. The van der Waals surface area contributed by atoms with Crippen LogP contribution in [0.25, 0.3) is 0 Å². The van der Waals surface area contributed by atoms with Crippen LogP contribution < -0.4 is 10.1 Å². The number of fused-ring (bicyclic) bond motifs is 1. The molecule has 3 rings (SSSR count). The number of ketones is 2. The number of amides is 1. The van der Waals surface area contributed by atoms with E-state index in [9.17, 15) is 19.2 Å². The Hall–Kier alpha value is -3.00. The summed E-state index contributed by atoms with van der Waals surface area (Å²) >= 11 is 1.38. The van der Waals surface area contributed by atoms with Crippen LogP contribution in [0.2, 0.25) is 0 Å². The molecule has 1 aromatic heterocycles. The molecule has 1 aliphatic heterocycles. The van der Waals surface area contributed by atoms with Gasteiger partial charge in [0.05, 0.1) is 17.0 Å². The van der Waals surface area contributed by atoms with Gasteiger partial charge in [0, 0.05) is 16.9 Å². The second kappa shape index (κ2) is 8.13. The lowest BCUT2D eigenvalue weighted by Crippen LogP contribution is -2.25. The van der Waals surface area contributed by atoms with Gasteiger partial charge in [-0.05, 0) is 37.3 Å². The van der Waals surface area contributed by atoms with Gasteiger partial charge in [0.15, 0.2) is 24.8 Å². The molecule has 1 aromatic carbocycles. The molecule has 0 aliphatic carbocycles. The normalized spacial score (nSPS) is 12.6. The second-order valence-electron chi connectivity index (χ2n) is 5.97. The SMILES string of the molecule is Cc1ccc(C(=O)CCC(=O)OCC(=O)c2ccc3c(c2)NC(=O)CO3)s1. The lowest BCUT2D eigenvalue weighted by Gasteiger charge is -2.18. The summed E-state index contributed by atoms with van der Waals surface area (Å²) in [6.07, 6.45) is -0.0493. The monoisotopic (exact) mass is 387 g/mol. The number of ether oxygens (including phenoxy) is 2. The first-order valence-corrected chi connectivity index (χ1v) is 9.09. The number of benzene rings is 1. The molecule has 0 atom stereocenters. The highest BCUT2D eigenvalue weighted by Gasteiger charge is 2.19. The Morgan fingerprint density at radius 2 is 1.96 bits per heavy atom. The van der Waals surface area contributed by atoms with Crippen LogP contribution in [-0.2, 0) is 14.3 Å². The Bertz CT molecular complexity index is 917. The van der Waals surface area contributed by atoms with E-state index in [0.29, 0.717) is 16.3 Å². The summed E-state index contributed by atoms with van der Waals surface area (Å²) in [6, 6.07) is 8.17. The number of anilines is 1. The van der Waals surface area contributed by atoms with Gasteiger partial charge in [-0.1, -0.05) is 0 Å². The highest BCUT2D eigenvalue weighted by molar-refractivity contribution is 7.14. The highest BCUT2D eigenvalue weighted by Crippen LogP contribution is 2.28. The van der Waals surface area contributed by atoms with E-state index in [4.69, 9.17) is 9.47 Å². The Morgan fingerprint density at radius 3 is 2.70 bits per heavy atom. The zero-order chi connectivity index (χ0) is 19.4. The highest BCUT2D eigenvalue weighted by atomic mass is 32.1. The van der Waals surface area contributed by atoms with Gasteiger partial charge in [0.25, 0.3) is 5.91 Å². The standard InChI is InChI=1S/C19H17NO6S/c1-11-2-6-17(27-11)14(21)4-7-19(24)26-9-15(22)12-3-5-16-13(8-12)20-18(23)10-25-16/h2-3,5-6,8H,4,7,9-10H2,1H3,(H,20,23). The summed E-state index contributed by atoms with van der Waals surface area (Å²) in [5.41, 5.74) is 0.692. The smallest absolute Gasteiger partial charge is 0.306 e. The van der Waals surface area contributed by atoms with E-state index in [1.54, 1.807) is 12.1 Å². The number of nitrogens with one attached hydrogen (secondary N) is 1. The third-order valence-electron chi connectivity index (χ3n) is 3.87. The zero-order valence-corrected chi connectivity index (χ0v) is 15.4. The maximum atomic E-state index is 12.2. The first-order valence-electron chi connectivity index (χ1n) is 8.27. The van der Waals surface area contributed by atoms with Gasteiger partial charge in [0.1, 0.15) is 5.75 Å². The van der Waals surface area contributed by atoms with Crippen LogP contribution in [0.3, 0.4) is 0 Å². The third kappa shape index (κ3) is 4.79. The Morgan fingerprint density at radius 1 is 1.15 bits per heavy atom. The number of hydrogen-bond donors (Lipinski definition) is 1. The van der Waals surface area contributed by atoms with E-state index < -0.39 is 18.4 Å². The maximum absolute atomic E-state index is 12.2. The van der Waals surface area contributed by atoms with Gasteiger partial charge in [-0.25, -0.2) is 0 Å². The number of carbonyl (C=O) groups excluding carboxylic acids is 4. The summed E-state index contributed by atoms with van der Waals surface area (Å²) in [7, 11) is 0. The van der Waals surface area contributed by atoms with Crippen molar-refractivity contribution in [2.45, 2.75) is 19.8 Å². The molecule has 0 spiro atoms. The molecular weight excluding hydrogens is 370 g/mol. The van der Waals surface area contributed by atoms with Crippen molar-refractivity contribution in [2.24, 2.45) is 0 Å². The number of rotatable bonds is 7. The molecule has 1 aliphatic rings. The van der Waals surface area contributed by atoms with E-state index in [1.807, 2.05) is 13.0 Å². The van der Waals surface area contributed by atoms with Crippen LogP contribution in [0.1, 0.15) is 37.7 Å². The van der Waals surface area contributed by atoms with Gasteiger partial charge in [-0.15, -0.1) is 11.3 Å². The lowest BCUT2D eigenvalue weighted by molar-refractivity contribution is -0.142. The quantitative estimate of drug-likeness (QED) is 0.579. The van der Waals surface area contributed by atoms with Gasteiger partial charge in [-0.3, -0.25) is 19.2 Å². The average molecular weight is 387 g/mol. The van der Waals surface area contributed by atoms with Gasteiger partial charge in [-0.2, -0.15) is 0 Å². The number of carbonyl (C=O) groups is 4. The van der Waals surface area contributed by atoms with Crippen LogP contribution in [0.5, 0.6) is 5.75 Å². The van der Waals surface area contributed by atoms with Crippen molar-refractivity contribution in [2.75, 3.05) is 18.5 Å². The maximum Gasteiger partial charge on any atom is 0.306 e. The molecule has 0 bridgehead atoms. The zero-order valence-electron chi connectivity index (χ0n) is 14.6. The van der Waals surface area contributed by atoms with E-state index in [2.05, 4.69) is 5.32 Å². The molecule has 2 aromatic rings. The van der Waals surface area contributed by atoms with Crippen molar-refractivity contribution in [1.82, 2.24) is 0 Å². The van der Waals surface area contributed by atoms with Crippen molar-refractivity contribution in [3.05, 3.63) is 45.6 Å². The Labute approximate surface area is 159 Å². The molecule has 2 heterocycles. The van der Waals surface area contributed by atoms with Gasteiger partial charge in [0.2, 0.25) is 0 Å². The fourth-order valence-corrected chi connectivity index (χ4v) is 3.32. The summed E-state index contributed by atoms with van der Waals surface area (Å²) < 4.78 is 10.2. The van der Waals surface area contributed by atoms with E-state index in [0.717, 1.165) is 4.88 Å². The molecule has 0 saturated carbocycles. The second-order valence-corrected chi connectivity index (χ2v) is 7.25. The minimum absolute atomic E-state index is 0.0369. The summed E-state index contributed by atoms with van der Waals surface area (Å²) in [6.45, 7) is 1.40. The Balaban J connectivity index is 1.48. The Kier molecular flexibility index (Phi) is 5.66. The number of esters is 1. The van der Waals surface area contributed by atoms with Gasteiger partial charge >= 0.3 is 5.97 Å². The lowest BCUT2D eigenvalue weighted by atomic mass is 10.1. The molecule has 0 unspecified atom stereocenters. The number of thiophene rings is 1. The molecule has 7 nitrogen and oxygen atoms in total. The molecule has 1 N–H and O–H groups in total. The van der Waals surface area contributed by atoms with Crippen LogP contribution in [0.4, 0.5) is 5.69 Å². The number of hydrogen-bond acceptors (Lipinski definition) is 7. The van der Waals surface area contributed by atoms with Crippen molar-refractivity contribution in [3.8, 4) is 5.75 Å². The van der Waals surface area contributed by atoms with Gasteiger partial charge < -0.3 is 14.8 Å². The summed E-state index contributed by atoms with van der Waals surface area (Å²) in [4.78, 5) is 48.9. The molecule has 27 heavy (non-hydrogen) atoms. The largest absolute Gasteiger partial charge is 0.482 e. The van der Waals surface area contributed by atoms with Crippen LogP contribution in [-0.4, -0.2) is 36.7 Å². The topological polar surface area (TPSA) is 98.8 Å². The summed E-state index contributed by atoms with van der Waals surface area (Å²) in [5.74, 6) is -0.970. The fourth-order valence-electron chi connectivity index (χ4n) is 2.48. The molecule has 140 valence electrons. The molecule has 8 heteroatoms. The number of Topliss-reactive ketones (excluding diaryl/α,β-unsaturated/α-hetero) is 2. The number of aryl methyl sites for hydroxylation is 1. The van der Waals surface area contributed by atoms with Crippen molar-refractivity contribution >= 4 is 40.5 Å². The molecule has 0 saturated heterocycles. The van der Waals surface area contributed by atoms with Crippen molar-refractivity contribution in [3.63, 3.8) is 0 Å². The molecule has 0 radical (unpaired) electrons. The van der Waals surface area contributed by atoms with Crippen molar-refractivity contribution < 1.29 is 28.7 Å². The van der Waals surface area contributed by atoms with Crippen molar-refractivity contribution in [1.29, 1.82) is 0 Å². The molecule has 0 fully saturated rings.